The van der Waals surface area contributed by atoms with E-state index in [1.165, 1.54) is 37.7 Å². The van der Waals surface area contributed by atoms with Gasteiger partial charge < -0.3 is 25.8 Å². The highest BCUT2D eigenvalue weighted by molar-refractivity contribution is 5.89. The van der Waals surface area contributed by atoms with Gasteiger partial charge in [-0.15, -0.1) is 5.10 Å². The van der Waals surface area contributed by atoms with Crippen LogP contribution in [0.1, 0.15) is 72.8 Å². The summed E-state index contributed by atoms with van der Waals surface area (Å²) in [6, 6.07) is 7.94. The van der Waals surface area contributed by atoms with Gasteiger partial charge in [0.25, 0.3) is 5.91 Å². The first-order valence-electron chi connectivity index (χ1n) is 10.9. The molecule has 0 bridgehead atoms. The van der Waals surface area contributed by atoms with Crippen molar-refractivity contribution in [3.8, 4) is 11.8 Å². The second-order valence-electron chi connectivity index (χ2n) is 7.91. The van der Waals surface area contributed by atoms with Gasteiger partial charge in [-0.2, -0.15) is 4.98 Å². The van der Waals surface area contributed by atoms with E-state index in [-0.39, 0.29) is 11.6 Å². The van der Waals surface area contributed by atoms with Crippen LogP contribution < -0.4 is 5.73 Å². The Morgan fingerprint density at radius 1 is 1.12 bits per heavy atom. The maximum atomic E-state index is 11.8. The molecule has 2 aromatic rings. The number of aromatic nitrogens is 3. The Bertz CT molecular complexity index is 963. The number of amides is 1. The Morgan fingerprint density at radius 3 is 2.47 bits per heavy atom. The maximum absolute atomic E-state index is 11.8. The number of benzene rings is 1. The highest BCUT2D eigenvalue weighted by Gasteiger charge is 2.45. The maximum Gasteiger partial charge on any atom is 0.286 e. The van der Waals surface area contributed by atoms with Crippen LogP contribution in [0.25, 0.3) is 0 Å². The molecule has 0 saturated carbocycles. The van der Waals surface area contributed by atoms with Crippen molar-refractivity contribution in [3.63, 3.8) is 0 Å². The first-order valence-corrected chi connectivity index (χ1v) is 10.9. The Labute approximate surface area is 187 Å². The minimum absolute atomic E-state index is 0.0246. The number of nitrogens with two attached hydrogens (primary N) is 1. The van der Waals surface area contributed by atoms with Crippen molar-refractivity contribution < 1.29 is 24.9 Å². The summed E-state index contributed by atoms with van der Waals surface area (Å²) in [6.45, 7) is 1.70. The zero-order valence-corrected chi connectivity index (χ0v) is 18.1. The molecule has 9 nitrogen and oxygen atoms in total. The Balaban J connectivity index is 1.70. The molecule has 5 N–H and O–H groups in total. The first kappa shape index (κ1) is 23.9. The fourth-order valence-electron chi connectivity index (χ4n) is 3.62. The van der Waals surface area contributed by atoms with Crippen molar-refractivity contribution in [2.45, 2.75) is 70.0 Å². The van der Waals surface area contributed by atoms with E-state index in [9.17, 15) is 20.1 Å². The van der Waals surface area contributed by atoms with Gasteiger partial charge in [0.05, 0.1) is 6.61 Å². The standard InChI is InChI=1S/C23H30N4O5/c1-2-3-4-5-6-7-15-8-10-16(11-9-15)12-13-18-25-22(21(24)31)27(26-18)23-20(30)19(29)17(14-28)32-23/h8-11,17,19-20,23,28-30H,2-7,14H2,1H3,(H2,24,31)/t17-,19-,20-,23-/m1/s1. The highest BCUT2D eigenvalue weighted by Crippen LogP contribution is 2.29. The van der Waals surface area contributed by atoms with Crippen LogP contribution in [-0.2, 0) is 11.2 Å². The third kappa shape index (κ3) is 5.72. The molecule has 1 aliphatic rings. The quantitative estimate of drug-likeness (QED) is 0.334. The van der Waals surface area contributed by atoms with Crippen LogP contribution in [-0.4, -0.2) is 60.9 Å². The van der Waals surface area contributed by atoms with Gasteiger partial charge in [-0.05, 0) is 36.5 Å². The molecule has 1 amide bonds. The van der Waals surface area contributed by atoms with E-state index in [1.54, 1.807) is 0 Å². The summed E-state index contributed by atoms with van der Waals surface area (Å²) in [5.74, 6) is 4.62. The van der Waals surface area contributed by atoms with Crippen LogP contribution in [0.5, 0.6) is 0 Å². The number of aliphatic hydroxyl groups excluding tert-OH is 3. The lowest BCUT2D eigenvalue weighted by atomic mass is 10.0. The molecule has 1 aliphatic heterocycles. The number of carbonyl (C=O) groups excluding carboxylic acids is 1. The van der Waals surface area contributed by atoms with Gasteiger partial charge in [0.15, 0.2) is 6.23 Å². The second-order valence-corrected chi connectivity index (χ2v) is 7.91. The van der Waals surface area contributed by atoms with E-state index in [0.29, 0.717) is 0 Å². The minimum atomic E-state index is -1.41. The fourth-order valence-corrected chi connectivity index (χ4v) is 3.62. The lowest BCUT2D eigenvalue weighted by Crippen LogP contribution is -2.34. The largest absolute Gasteiger partial charge is 0.394 e. The van der Waals surface area contributed by atoms with Gasteiger partial charge in [-0.1, -0.05) is 50.7 Å². The molecule has 0 aliphatic carbocycles. The van der Waals surface area contributed by atoms with Crippen LogP contribution in [0.2, 0.25) is 0 Å². The third-order valence-electron chi connectivity index (χ3n) is 5.45. The lowest BCUT2D eigenvalue weighted by molar-refractivity contribution is -0.0595. The first-order chi connectivity index (χ1) is 15.4. The Kier molecular flexibility index (Phi) is 8.36. The number of aryl methyl sites for hydroxylation is 1. The summed E-state index contributed by atoms with van der Waals surface area (Å²) in [7, 11) is 0. The number of carbonyl (C=O) groups is 1. The van der Waals surface area contributed by atoms with Gasteiger partial charge >= 0.3 is 0 Å². The molecule has 4 atom stereocenters. The van der Waals surface area contributed by atoms with Crippen molar-refractivity contribution in [2.75, 3.05) is 6.61 Å². The number of aliphatic hydroxyl groups is 3. The van der Waals surface area contributed by atoms with Crippen LogP contribution in [0.4, 0.5) is 0 Å². The summed E-state index contributed by atoms with van der Waals surface area (Å²) >= 11 is 0. The van der Waals surface area contributed by atoms with E-state index < -0.39 is 37.1 Å². The Morgan fingerprint density at radius 2 is 1.84 bits per heavy atom. The van der Waals surface area contributed by atoms with Crippen LogP contribution in [0, 0.1) is 11.8 Å². The predicted octanol–water partition coefficient (Wildman–Crippen LogP) is 0.901. The third-order valence-corrected chi connectivity index (χ3v) is 5.45. The van der Waals surface area contributed by atoms with Crippen molar-refractivity contribution in [2.24, 2.45) is 5.73 Å². The summed E-state index contributed by atoms with van der Waals surface area (Å²) in [5.41, 5.74) is 7.40. The van der Waals surface area contributed by atoms with E-state index in [2.05, 4.69) is 28.8 Å². The summed E-state index contributed by atoms with van der Waals surface area (Å²) < 4.78 is 6.41. The molecule has 0 radical (unpaired) electrons. The zero-order chi connectivity index (χ0) is 23.1. The topological polar surface area (TPSA) is 144 Å². The van der Waals surface area contributed by atoms with Gasteiger partial charge in [0.2, 0.25) is 11.6 Å². The molecule has 1 saturated heterocycles. The monoisotopic (exact) mass is 442 g/mol. The van der Waals surface area contributed by atoms with E-state index in [0.717, 1.165) is 16.7 Å². The summed E-state index contributed by atoms with van der Waals surface area (Å²) in [6.07, 6.45) is 2.25. The SMILES string of the molecule is CCCCCCCc1ccc(C#Cc2nc(C(N)=O)n([C@@H]3O[C@H](CO)[C@@H](O)[C@H]3O)n2)cc1. The highest BCUT2D eigenvalue weighted by atomic mass is 16.6. The number of nitrogens with zero attached hydrogens (tertiary/aromatic N) is 3. The Hall–Kier alpha value is -2.77. The average molecular weight is 443 g/mol. The molecule has 9 heteroatoms. The van der Waals surface area contributed by atoms with Crippen LogP contribution in [0.3, 0.4) is 0 Å². The number of ether oxygens (including phenoxy) is 1. The molecule has 0 unspecified atom stereocenters. The smallest absolute Gasteiger partial charge is 0.286 e. The van der Waals surface area contributed by atoms with Crippen molar-refractivity contribution >= 4 is 5.91 Å². The minimum Gasteiger partial charge on any atom is -0.394 e. The number of unbranched alkanes of at least 4 members (excludes halogenated alkanes) is 4. The predicted molar refractivity (Wildman–Crippen MR) is 116 cm³/mol. The van der Waals surface area contributed by atoms with Gasteiger partial charge in [0.1, 0.15) is 18.3 Å². The molecular formula is C23H30N4O5. The molecule has 1 aromatic carbocycles. The molecule has 0 spiro atoms. The van der Waals surface area contributed by atoms with Crippen LogP contribution in [0.15, 0.2) is 24.3 Å². The number of hydrogen-bond donors (Lipinski definition) is 4. The van der Waals surface area contributed by atoms with E-state index in [4.69, 9.17) is 10.5 Å². The van der Waals surface area contributed by atoms with E-state index >= 15 is 0 Å². The lowest BCUT2D eigenvalue weighted by Gasteiger charge is -2.15. The number of hydrogen-bond acceptors (Lipinski definition) is 7. The van der Waals surface area contributed by atoms with Gasteiger partial charge in [0, 0.05) is 5.56 Å². The van der Waals surface area contributed by atoms with Crippen molar-refractivity contribution in [3.05, 3.63) is 47.0 Å². The molecule has 172 valence electrons. The molecule has 3 rings (SSSR count). The molecular weight excluding hydrogens is 412 g/mol. The molecule has 32 heavy (non-hydrogen) atoms. The van der Waals surface area contributed by atoms with Crippen molar-refractivity contribution in [1.29, 1.82) is 0 Å². The van der Waals surface area contributed by atoms with E-state index in [1.807, 2.05) is 24.3 Å². The summed E-state index contributed by atoms with van der Waals surface area (Å²) in [4.78, 5) is 15.8. The normalized spacial score (nSPS) is 22.5. The molecule has 1 aromatic heterocycles. The average Bonchev–Trinajstić information content (AvgIpc) is 3.34. The van der Waals surface area contributed by atoms with Gasteiger partial charge in [-0.25, -0.2) is 4.68 Å². The van der Waals surface area contributed by atoms with Gasteiger partial charge in [-0.3, -0.25) is 4.79 Å². The van der Waals surface area contributed by atoms with Crippen molar-refractivity contribution in [1.82, 2.24) is 14.8 Å². The van der Waals surface area contributed by atoms with Crippen LogP contribution >= 0.6 is 0 Å². The number of primary amides is 1. The second kappa shape index (κ2) is 11.2. The molecule has 1 fully saturated rings. The fraction of sp³-hybridized carbons (Fsp3) is 0.522. The summed E-state index contributed by atoms with van der Waals surface area (Å²) in [5, 5.41) is 33.5. The zero-order valence-electron chi connectivity index (χ0n) is 18.1. The number of rotatable bonds is 9. The molecule has 2 heterocycles.